The Labute approximate surface area is 149 Å². The zero-order chi connectivity index (χ0) is 17.9. The van der Waals surface area contributed by atoms with Gasteiger partial charge < -0.3 is 10.0 Å². The molecule has 4 nitrogen and oxygen atoms in total. The van der Waals surface area contributed by atoms with Crippen LogP contribution in [0.15, 0.2) is 18.2 Å². The molecular formula is C20H29FN2O2. The SMILES string of the molecule is Cc1ccc(CN2CCCC3(CCC(=O)N(CCCO)C3)C2)c(F)c1. The third-order valence-electron chi connectivity index (χ3n) is 5.68. The summed E-state index contributed by atoms with van der Waals surface area (Å²) in [6, 6.07) is 5.46. The van der Waals surface area contributed by atoms with Crippen molar-refractivity contribution >= 4 is 5.91 Å². The molecule has 0 bridgehead atoms. The van der Waals surface area contributed by atoms with Crippen molar-refractivity contribution < 1.29 is 14.3 Å². The Hall–Kier alpha value is -1.46. The fourth-order valence-electron chi connectivity index (χ4n) is 4.37. The predicted octanol–water partition coefficient (Wildman–Crippen LogP) is 2.72. The van der Waals surface area contributed by atoms with E-state index in [2.05, 4.69) is 4.90 Å². The zero-order valence-corrected chi connectivity index (χ0v) is 15.1. The second-order valence-electron chi connectivity index (χ2n) is 7.80. The molecule has 2 aliphatic heterocycles. The van der Waals surface area contributed by atoms with Crippen LogP contribution in [-0.4, -0.2) is 53.6 Å². The van der Waals surface area contributed by atoms with E-state index >= 15 is 0 Å². The molecule has 2 aliphatic rings. The lowest BCUT2D eigenvalue weighted by molar-refractivity contribution is -0.139. The lowest BCUT2D eigenvalue weighted by Crippen LogP contribution is -2.54. The van der Waals surface area contributed by atoms with E-state index in [1.807, 2.05) is 24.0 Å². The van der Waals surface area contributed by atoms with Crippen LogP contribution in [0.5, 0.6) is 0 Å². The predicted molar refractivity (Wildman–Crippen MR) is 95.6 cm³/mol. The summed E-state index contributed by atoms with van der Waals surface area (Å²) < 4.78 is 14.2. The third kappa shape index (κ3) is 4.39. The number of halogens is 1. The first-order valence-corrected chi connectivity index (χ1v) is 9.37. The Morgan fingerprint density at radius 2 is 2.12 bits per heavy atom. The number of likely N-dealkylation sites (tertiary alicyclic amines) is 2. The van der Waals surface area contributed by atoms with Gasteiger partial charge in [0.2, 0.25) is 5.91 Å². The van der Waals surface area contributed by atoms with Gasteiger partial charge in [-0.3, -0.25) is 9.69 Å². The van der Waals surface area contributed by atoms with E-state index in [9.17, 15) is 9.18 Å². The molecule has 2 saturated heterocycles. The van der Waals surface area contributed by atoms with Gasteiger partial charge in [-0.25, -0.2) is 4.39 Å². The number of carbonyl (C=O) groups excluding carboxylic acids is 1. The first-order chi connectivity index (χ1) is 12.0. The monoisotopic (exact) mass is 348 g/mol. The van der Waals surface area contributed by atoms with Gasteiger partial charge in [0, 0.05) is 50.2 Å². The molecule has 0 aromatic heterocycles. The summed E-state index contributed by atoms with van der Waals surface area (Å²) in [5.41, 5.74) is 1.83. The maximum atomic E-state index is 14.2. The van der Waals surface area contributed by atoms with Crippen molar-refractivity contribution in [2.45, 2.75) is 45.6 Å². The Kier molecular flexibility index (Phi) is 5.74. The molecule has 1 N–H and O–H groups in total. The number of rotatable bonds is 5. The highest BCUT2D eigenvalue weighted by Gasteiger charge is 2.41. The number of amides is 1. The number of carbonyl (C=O) groups is 1. The van der Waals surface area contributed by atoms with Gasteiger partial charge in [-0.1, -0.05) is 12.1 Å². The summed E-state index contributed by atoms with van der Waals surface area (Å²) in [7, 11) is 0. The van der Waals surface area contributed by atoms with Crippen molar-refractivity contribution in [1.82, 2.24) is 9.80 Å². The molecule has 25 heavy (non-hydrogen) atoms. The molecule has 1 aromatic rings. The Morgan fingerprint density at radius 3 is 2.88 bits per heavy atom. The van der Waals surface area contributed by atoms with E-state index in [0.717, 1.165) is 50.0 Å². The van der Waals surface area contributed by atoms with Gasteiger partial charge in [0.25, 0.3) is 0 Å². The van der Waals surface area contributed by atoms with Crippen LogP contribution in [0, 0.1) is 18.2 Å². The number of benzene rings is 1. The van der Waals surface area contributed by atoms with Crippen molar-refractivity contribution in [2.75, 3.05) is 32.8 Å². The van der Waals surface area contributed by atoms with Crippen LogP contribution < -0.4 is 0 Å². The summed E-state index contributed by atoms with van der Waals surface area (Å²) in [6.07, 6.45) is 4.38. The van der Waals surface area contributed by atoms with Crippen molar-refractivity contribution in [3.63, 3.8) is 0 Å². The van der Waals surface area contributed by atoms with E-state index in [4.69, 9.17) is 5.11 Å². The van der Waals surface area contributed by atoms with Crippen molar-refractivity contribution in [2.24, 2.45) is 5.41 Å². The molecule has 3 rings (SSSR count). The number of nitrogens with zero attached hydrogens (tertiary/aromatic N) is 2. The zero-order valence-electron chi connectivity index (χ0n) is 15.1. The van der Waals surface area contributed by atoms with Gasteiger partial charge in [-0.15, -0.1) is 0 Å². The highest BCUT2D eigenvalue weighted by atomic mass is 19.1. The molecular weight excluding hydrogens is 319 g/mol. The third-order valence-corrected chi connectivity index (χ3v) is 5.68. The molecule has 0 aliphatic carbocycles. The lowest BCUT2D eigenvalue weighted by Gasteiger charge is -2.48. The number of aryl methyl sites for hydroxylation is 1. The standard InChI is InChI=1S/C20H29FN2O2/c1-16-4-5-17(18(21)12-16)13-22-9-2-7-20(14-22)8-6-19(25)23(15-20)10-3-11-24/h4-5,12,24H,2-3,6-11,13-15H2,1H3. The van der Waals surface area contributed by atoms with Crippen LogP contribution in [-0.2, 0) is 11.3 Å². The van der Waals surface area contributed by atoms with Crippen LogP contribution in [0.25, 0.3) is 0 Å². The first kappa shape index (κ1) is 18.3. The molecule has 1 atom stereocenters. The summed E-state index contributed by atoms with van der Waals surface area (Å²) in [4.78, 5) is 16.4. The number of aliphatic hydroxyl groups is 1. The average Bonchev–Trinajstić information content (AvgIpc) is 2.59. The minimum absolute atomic E-state index is 0.121. The molecule has 1 unspecified atom stereocenters. The van der Waals surface area contributed by atoms with E-state index < -0.39 is 0 Å². The van der Waals surface area contributed by atoms with Crippen LogP contribution in [0.4, 0.5) is 4.39 Å². The van der Waals surface area contributed by atoms with Gasteiger partial charge in [-0.05, 0) is 50.8 Å². The van der Waals surface area contributed by atoms with E-state index in [1.54, 1.807) is 6.07 Å². The highest BCUT2D eigenvalue weighted by Crippen LogP contribution is 2.39. The van der Waals surface area contributed by atoms with Crippen molar-refractivity contribution in [1.29, 1.82) is 0 Å². The molecule has 2 fully saturated rings. The maximum Gasteiger partial charge on any atom is 0.222 e. The average molecular weight is 348 g/mol. The minimum atomic E-state index is -0.122. The Morgan fingerprint density at radius 1 is 1.28 bits per heavy atom. The number of aliphatic hydroxyl groups excluding tert-OH is 1. The van der Waals surface area contributed by atoms with Gasteiger partial charge in [0.1, 0.15) is 5.82 Å². The number of piperidine rings is 2. The van der Waals surface area contributed by atoms with E-state index in [-0.39, 0.29) is 23.7 Å². The van der Waals surface area contributed by atoms with E-state index in [1.165, 1.54) is 0 Å². The molecule has 5 heteroatoms. The second kappa shape index (κ2) is 7.83. The molecule has 138 valence electrons. The van der Waals surface area contributed by atoms with Crippen LogP contribution in [0.3, 0.4) is 0 Å². The second-order valence-corrected chi connectivity index (χ2v) is 7.80. The minimum Gasteiger partial charge on any atom is -0.396 e. The summed E-state index contributed by atoms with van der Waals surface area (Å²) in [5.74, 6) is 0.0868. The maximum absolute atomic E-state index is 14.2. The summed E-state index contributed by atoms with van der Waals surface area (Å²) in [6.45, 7) is 5.99. The summed E-state index contributed by atoms with van der Waals surface area (Å²) >= 11 is 0. The van der Waals surface area contributed by atoms with Crippen LogP contribution >= 0.6 is 0 Å². The Balaban J connectivity index is 1.66. The van der Waals surface area contributed by atoms with Crippen LogP contribution in [0.2, 0.25) is 0 Å². The van der Waals surface area contributed by atoms with Gasteiger partial charge >= 0.3 is 0 Å². The molecule has 0 radical (unpaired) electrons. The normalized spacial score (nSPS) is 24.9. The fourth-order valence-corrected chi connectivity index (χ4v) is 4.37. The highest BCUT2D eigenvalue weighted by molar-refractivity contribution is 5.77. The van der Waals surface area contributed by atoms with Crippen molar-refractivity contribution in [3.8, 4) is 0 Å². The molecule has 1 amide bonds. The summed E-state index contributed by atoms with van der Waals surface area (Å²) in [5, 5.41) is 9.05. The molecule has 2 heterocycles. The van der Waals surface area contributed by atoms with Gasteiger partial charge in [-0.2, -0.15) is 0 Å². The number of hydrogen-bond donors (Lipinski definition) is 1. The lowest BCUT2D eigenvalue weighted by atomic mass is 9.73. The largest absolute Gasteiger partial charge is 0.396 e. The van der Waals surface area contributed by atoms with Gasteiger partial charge in [0.05, 0.1) is 0 Å². The molecule has 0 saturated carbocycles. The van der Waals surface area contributed by atoms with Crippen LogP contribution in [0.1, 0.15) is 43.2 Å². The topological polar surface area (TPSA) is 43.8 Å². The molecule has 1 aromatic carbocycles. The smallest absolute Gasteiger partial charge is 0.222 e. The quantitative estimate of drug-likeness (QED) is 0.890. The molecule has 1 spiro atoms. The fraction of sp³-hybridized carbons (Fsp3) is 0.650. The Bertz CT molecular complexity index is 622. The van der Waals surface area contributed by atoms with Gasteiger partial charge in [0.15, 0.2) is 0 Å². The van der Waals surface area contributed by atoms with E-state index in [0.29, 0.717) is 25.9 Å². The van der Waals surface area contributed by atoms with Crippen molar-refractivity contribution in [3.05, 3.63) is 35.1 Å². The first-order valence-electron chi connectivity index (χ1n) is 9.37. The number of hydrogen-bond acceptors (Lipinski definition) is 3.